The molecule has 0 saturated heterocycles. The Bertz CT molecular complexity index is 1160. The molecule has 0 spiro atoms. The number of hydrogen-bond acceptors (Lipinski definition) is 4. The van der Waals surface area contributed by atoms with E-state index in [9.17, 15) is 30.4 Å². The second kappa shape index (κ2) is 7.95. The quantitative estimate of drug-likeness (QED) is 0.475. The molecule has 0 bridgehead atoms. The van der Waals surface area contributed by atoms with E-state index in [4.69, 9.17) is 0 Å². The van der Waals surface area contributed by atoms with Crippen molar-refractivity contribution < 1.29 is 30.4 Å². The number of pyridine rings is 1. The van der Waals surface area contributed by atoms with Crippen molar-refractivity contribution in [3.05, 3.63) is 70.8 Å². The zero-order valence-electron chi connectivity index (χ0n) is 16.3. The predicted molar refractivity (Wildman–Crippen MR) is 107 cm³/mol. The molecular formula is C20H18F5N3O2S. The topological polar surface area (TPSA) is 71.1 Å². The molecule has 5 nitrogen and oxygen atoms in total. The first-order chi connectivity index (χ1) is 14.3. The van der Waals surface area contributed by atoms with E-state index in [1.807, 2.05) is 4.72 Å². The van der Waals surface area contributed by atoms with Gasteiger partial charge in [0.15, 0.2) is 5.03 Å². The van der Waals surface area contributed by atoms with Gasteiger partial charge in [-0.1, -0.05) is 44.2 Å². The molecule has 0 fully saturated rings. The molecule has 1 aromatic heterocycles. The molecule has 0 unspecified atom stereocenters. The first-order valence-electron chi connectivity index (χ1n) is 9.06. The van der Waals surface area contributed by atoms with E-state index in [0.29, 0.717) is 17.7 Å². The molecule has 166 valence electrons. The van der Waals surface area contributed by atoms with E-state index in [2.05, 4.69) is 4.98 Å². The lowest BCUT2D eigenvalue weighted by molar-refractivity contribution is -0.137. The lowest BCUT2D eigenvalue weighted by atomic mass is 9.93. The van der Waals surface area contributed by atoms with Gasteiger partial charge in [-0.3, -0.25) is 4.72 Å². The van der Waals surface area contributed by atoms with E-state index < -0.39 is 44.4 Å². The maximum atomic E-state index is 13.6. The molecule has 2 aromatic rings. The van der Waals surface area contributed by atoms with E-state index in [1.54, 1.807) is 37.4 Å². The SMILES string of the molecule is CC(C)c1ccccc1-c1nc(NS(=O)(=O)C2=CC=CC(F)(F)N2)ccc1C(F)(F)F. The minimum Gasteiger partial charge on any atom is -0.312 e. The number of dihydropyridines is 1. The summed E-state index contributed by atoms with van der Waals surface area (Å²) in [6, 6.07) is 4.28. The average molecular weight is 459 g/mol. The highest BCUT2D eigenvalue weighted by atomic mass is 32.2. The molecule has 0 atom stereocenters. The van der Waals surface area contributed by atoms with Crippen LogP contribution in [0.4, 0.5) is 27.8 Å². The molecule has 1 aliphatic rings. The van der Waals surface area contributed by atoms with Gasteiger partial charge in [0.1, 0.15) is 5.82 Å². The Hall–Kier alpha value is -2.95. The smallest absolute Gasteiger partial charge is 0.312 e. The van der Waals surface area contributed by atoms with Gasteiger partial charge < -0.3 is 5.32 Å². The number of anilines is 1. The average Bonchev–Trinajstić information content (AvgIpc) is 2.66. The number of halogens is 5. The van der Waals surface area contributed by atoms with Crippen LogP contribution >= 0.6 is 0 Å². The van der Waals surface area contributed by atoms with Crippen LogP contribution in [0.15, 0.2) is 59.7 Å². The number of aromatic nitrogens is 1. The van der Waals surface area contributed by atoms with Crippen LogP contribution in [0.1, 0.15) is 30.9 Å². The van der Waals surface area contributed by atoms with Gasteiger partial charge >= 0.3 is 12.2 Å². The fourth-order valence-corrected chi connectivity index (χ4v) is 4.05. The summed E-state index contributed by atoms with van der Waals surface area (Å²) in [6.45, 7) is 3.60. The highest BCUT2D eigenvalue weighted by molar-refractivity contribution is 7.96. The molecular weight excluding hydrogens is 441 g/mol. The van der Waals surface area contributed by atoms with Crippen molar-refractivity contribution in [2.45, 2.75) is 32.0 Å². The number of benzene rings is 1. The second-order valence-electron chi connectivity index (χ2n) is 7.08. The molecule has 0 amide bonds. The van der Waals surface area contributed by atoms with E-state index in [1.165, 1.54) is 6.07 Å². The summed E-state index contributed by atoms with van der Waals surface area (Å²) in [5.41, 5.74) is -0.738. The van der Waals surface area contributed by atoms with Crippen LogP contribution in [0.2, 0.25) is 0 Å². The van der Waals surface area contributed by atoms with Crippen LogP contribution in [0.5, 0.6) is 0 Å². The van der Waals surface area contributed by atoms with Crippen molar-refractivity contribution >= 4 is 15.8 Å². The molecule has 1 aromatic carbocycles. The van der Waals surface area contributed by atoms with Crippen LogP contribution in [-0.4, -0.2) is 19.4 Å². The van der Waals surface area contributed by atoms with Crippen molar-refractivity contribution in [3.63, 3.8) is 0 Å². The van der Waals surface area contributed by atoms with Crippen molar-refractivity contribution in [3.8, 4) is 11.3 Å². The Labute approximate surface area is 175 Å². The molecule has 31 heavy (non-hydrogen) atoms. The minimum atomic E-state index is -4.75. The predicted octanol–water partition coefficient (Wildman–Crippen LogP) is 5.23. The van der Waals surface area contributed by atoms with Gasteiger partial charge in [-0.2, -0.15) is 30.4 Å². The monoisotopic (exact) mass is 459 g/mol. The number of rotatable bonds is 5. The van der Waals surface area contributed by atoms with E-state index in [0.717, 1.165) is 18.2 Å². The molecule has 3 rings (SSSR count). The maximum absolute atomic E-state index is 13.6. The zero-order valence-corrected chi connectivity index (χ0v) is 17.2. The standard InChI is InChI=1S/C20H18F5N3O2S/c1-12(2)13-6-3-4-7-14(13)18-15(20(23,24)25)9-10-16(26-18)28-31(29,30)17-8-5-11-19(21,22)27-17/h3-12,27H,1-2H3,(H,26,28). The molecule has 11 heteroatoms. The Morgan fingerprint density at radius 3 is 2.39 bits per heavy atom. The normalized spacial score (nSPS) is 16.1. The van der Waals surface area contributed by atoms with Gasteiger partial charge in [0, 0.05) is 11.6 Å². The summed E-state index contributed by atoms with van der Waals surface area (Å²) >= 11 is 0. The largest absolute Gasteiger partial charge is 0.418 e. The molecule has 2 N–H and O–H groups in total. The van der Waals surface area contributed by atoms with Crippen LogP contribution in [0, 0.1) is 0 Å². The van der Waals surface area contributed by atoms with Crippen LogP contribution in [0.3, 0.4) is 0 Å². The first kappa shape index (κ1) is 22.7. The molecule has 1 aliphatic heterocycles. The van der Waals surface area contributed by atoms with Gasteiger partial charge in [-0.15, -0.1) is 0 Å². The third-order valence-corrected chi connectivity index (χ3v) is 5.71. The molecule has 2 heterocycles. The minimum absolute atomic E-state index is 0.134. The number of nitrogens with one attached hydrogen (secondary N) is 2. The Balaban J connectivity index is 2.08. The molecule has 0 radical (unpaired) electrons. The summed E-state index contributed by atoms with van der Waals surface area (Å²) in [4.78, 5) is 3.90. The summed E-state index contributed by atoms with van der Waals surface area (Å²) in [6.07, 6.45) is -2.53. The Morgan fingerprint density at radius 1 is 1.10 bits per heavy atom. The van der Waals surface area contributed by atoms with E-state index in [-0.39, 0.29) is 11.5 Å². The number of allylic oxidation sites excluding steroid dienone is 2. The highest BCUT2D eigenvalue weighted by Gasteiger charge is 2.36. The fourth-order valence-electron chi connectivity index (χ4n) is 3.02. The number of nitrogens with zero attached hydrogens (tertiary/aromatic N) is 1. The van der Waals surface area contributed by atoms with Gasteiger partial charge in [0.2, 0.25) is 0 Å². The number of hydrogen-bond donors (Lipinski definition) is 2. The van der Waals surface area contributed by atoms with Crippen LogP contribution < -0.4 is 10.0 Å². The number of alkyl halides is 5. The second-order valence-corrected chi connectivity index (χ2v) is 8.73. The summed E-state index contributed by atoms with van der Waals surface area (Å²) in [7, 11) is -4.56. The van der Waals surface area contributed by atoms with Gasteiger partial charge in [-0.25, -0.2) is 4.98 Å². The lowest BCUT2D eigenvalue weighted by Gasteiger charge is -2.21. The summed E-state index contributed by atoms with van der Waals surface area (Å²) < 4.78 is 94.7. The van der Waals surface area contributed by atoms with E-state index >= 15 is 0 Å². The lowest BCUT2D eigenvalue weighted by Crippen LogP contribution is -2.39. The summed E-state index contributed by atoms with van der Waals surface area (Å²) in [5, 5.41) is 0.700. The maximum Gasteiger partial charge on any atom is 0.418 e. The first-order valence-corrected chi connectivity index (χ1v) is 10.5. The molecule has 0 aliphatic carbocycles. The number of sulfonamides is 1. The van der Waals surface area contributed by atoms with Crippen LogP contribution in [-0.2, 0) is 16.2 Å². The van der Waals surface area contributed by atoms with Crippen molar-refractivity contribution in [1.29, 1.82) is 0 Å². The molecule has 0 saturated carbocycles. The highest BCUT2D eigenvalue weighted by Crippen LogP contribution is 2.39. The Morgan fingerprint density at radius 2 is 1.77 bits per heavy atom. The van der Waals surface area contributed by atoms with Crippen molar-refractivity contribution in [1.82, 2.24) is 10.3 Å². The van der Waals surface area contributed by atoms with Gasteiger partial charge in [-0.05, 0) is 29.7 Å². The van der Waals surface area contributed by atoms with Crippen molar-refractivity contribution in [2.75, 3.05) is 4.72 Å². The third kappa shape index (κ3) is 5.04. The Kier molecular flexibility index (Phi) is 5.83. The van der Waals surface area contributed by atoms with Gasteiger partial charge in [0.25, 0.3) is 10.0 Å². The summed E-state index contributed by atoms with van der Waals surface area (Å²) in [5.74, 6) is -0.577. The fraction of sp³-hybridized carbons (Fsp3) is 0.250. The van der Waals surface area contributed by atoms with Crippen molar-refractivity contribution in [2.24, 2.45) is 0 Å². The third-order valence-electron chi connectivity index (χ3n) is 4.41. The zero-order chi connectivity index (χ0) is 23.0. The van der Waals surface area contributed by atoms with Crippen LogP contribution in [0.25, 0.3) is 11.3 Å². The van der Waals surface area contributed by atoms with Gasteiger partial charge in [0.05, 0.1) is 11.3 Å².